The first-order chi connectivity index (χ1) is 9.96. The summed E-state index contributed by atoms with van der Waals surface area (Å²) in [4.78, 5) is 25.4. The summed E-state index contributed by atoms with van der Waals surface area (Å²) in [5, 5.41) is 0. The Bertz CT molecular complexity index is 382. The van der Waals surface area contributed by atoms with Gasteiger partial charge in [0.25, 0.3) is 0 Å². The van der Waals surface area contributed by atoms with E-state index in [1.165, 1.54) is 0 Å². The van der Waals surface area contributed by atoms with Crippen molar-refractivity contribution in [2.75, 3.05) is 6.54 Å². The molecule has 5 nitrogen and oxygen atoms in total. The SMILES string of the molecule is C#CCCCCCN(C(=O)OC(C)(C)C)C(=O)OC(C)(C)C. The van der Waals surface area contributed by atoms with E-state index in [1.54, 1.807) is 41.5 Å². The Hall–Kier alpha value is -1.70. The molecule has 0 rings (SSSR count). The van der Waals surface area contributed by atoms with E-state index < -0.39 is 23.4 Å². The van der Waals surface area contributed by atoms with E-state index in [2.05, 4.69) is 5.92 Å². The van der Waals surface area contributed by atoms with Gasteiger partial charge >= 0.3 is 12.2 Å². The molecule has 0 radical (unpaired) electrons. The van der Waals surface area contributed by atoms with Crippen LogP contribution in [0.4, 0.5) is 9.59 Å². The minimum Gasteiger partial charge on any atom is -0.443 e. The van der Waals surface area contributed by atoms with Crippen LogP contribution in [0.5, 0.6) is 0 Å². The highest BCUT2D eigenvalue weighted by Crippen LogP contribution is 2.15. The highest BCUT2D eigenvalue weighted by molar-refractivity contribution is 5.88. The lowest BCUT2D eigenvalue weighted by atomic mass is 10.2. The number of rotatable bonds is 5. The van der Waals surface area contributed by atoms with E-state index in [-0.39, 0.29) is 6.54 Å². The molecule has 0 aromatic heterocycles. The first-order valence-electron chi connectivity index (χ1n) is 7.63. The van der Waals surface area contributed by atoms with Gasteiger partial charge in [0.1, 0.15) is 11.2 Å². The molecule has 0 bridgehead atoms. The van der Waals surface area contributed by atoms with Crippen LogP contribution in [0.1, 0.15) is 67.2 Å². The Morgan fingerprint density at radius 1 is 0.909 bits per heavy atom. The molecule has 0 spiro atoms. The number of hydrogen-bond donors (Lipinski definition) is 0. The highest BCUT2D eigenvalue weighted by Gasteiger charge is 2.30. The summed E-state index contributed by atoms with van der Waals surface area (Å²) in [7, 11) is 0. The summed E-state index contributed by atoms with van der Waals surface area (Å²) in [6, 6.07) is 0. The molecular weight excluding hydrogens is 282 g/mol. The second-order valence-electron chi connectivity index (χ2n) is 7.13. The van der Waals surface area contributed by atoms with E-state index in [4.69, 9.17) is 15.9 Å². The zero-order valence-corrected chi connectivity index (χ0v) is 14.7. The van der Waals surface area contributed by atoms with Crippen LogP contribution in [0.2, 0.25) is 0 Å². The normalized spacial score (nSPS) is 11.5. The fraction of sp³-hybridized carbons (Fsp3) is 0.765. The third-order valence-electron chi connectivity index (χ3n) is 2.43. The van der Waals surface area contributed by atoms with E-state index >= 15 is 0 Å². The van der Waals surface area contributed by atoms with Gasteiger partial charge in [0.15, 0.2) is 0 Å². The Labute approximate surface area is 134 Å². The quantitative estimate of drug-likeness (QED) is 0.559. The molecule has 0 aliphatic carbocycles. The van der Waals surface area contributed by atoms with Crippen LogP contribution in [0, 0.1) is 12.3 Å². The van der Waals surface area contributed by atoms with Gasteiger partial charge in [-0.05, 0) is 54.4 Å². The topological polar surface area (TPSA) is 55.8 Å². The molecule has 0 atom stereocenters. The van der Waals surface area contributed by atoms with Gasteiger partial charge in [0.2, 0.25) is 0 Å². The van der Waals surface area contributed by atoms with Gasteiger partial charge in [-0.1, -0.05) is 6.42 Å². The largest absolute Gasteiger partial charge is 0.443 e. The molecule has 22 heavy (non-hydrogen) atoms. The Morgan fingerprint density at radius 3 is 1.73 bits per heavy atom. The second kappa shape index (κ2) is 8.67. The molecule has 0 N–H and O–H groups in total. The monoisotopic (exact) mass is 311 g/mol. The Kier molecular flexibility index (Phi) is 8.00. The van der Waals surface area contributed by atoms with Gasteiger partial charge in [0.05, 0.1) is 0 Å². The molecule has 0 saturated heterocycles. The second-order valence-corrected chi connectivity index (χ2v) is 7.13. The molecule has 2 amide bonds. The summed E-state index contributed by atoms with van der Waals surface area (Å²) in [6.45, 7) is 10.8. The average molecular weight is 311 g/mol. The molecule has 0 aliphatic rings. The molecule has 5 heteroatoms. The van der Waals surface area contributed by atoms with Crippen LogP contribution < -0.4 is 0 Å². The summed E-state index contributed by atoms with van der Waals surface area (Å²) < 4.78 is 10.5. The first-order valence-corrected chi connectivity index (χ1v) is 7.63. The summed E-state index contributed by atoms with van der Waals surface area (Å²) in [6.07, 6.45) is 6.90. The highest BCUT2D eigenvalue weighted by atomic mass is 16.6. The van der Waals surface area contributed by atoms with Gasteiger partial charge in [-0.3, -0.25) is 0 Å². The van der Waals surface area contributed by atoms with Crippen molar-refractivity contribution in [2.24, 2.45) is 0 Å². The fourth-order valence-electron chi connectivity index (χ4n) is 1.56. The molecular formula is C17H29NO4. The standard InChI is InChI=1S/C17H29NO4/c1-8-9-10-11-12-13-18(14(19)21-16(2,3)4)15(20)22-17(5,6)7/h1H,9-13H2,2-7H3. The molecule has 126 valence electrons. The summed E-state index contributed by atoms with van der Waals surface area (Å²) in [5.41, 5.74) is -1.33. The lowest BCUT2D eigenvalue weighted by molar-refractivity contribution is 0.00119. The number of amides is 2. The summed E-state index contributed by atoms with van der Waals surface area (Å²) in [5.74, 6) is 2.57. The predicted octanol–water partition coefficient (Wildman–Crippen LogP) is 4.35. The molecule has 0 unspecified atom stereocenters. The van der Waals surface area contributed by atoms with Gasteiger partial charge in [0, 0.05) is 13.0 Å². The number of carbonyl (C=O) groups is 2. The predicted molar refractivity (Wildman–Crippen MR) is 86.5 cm³/mol. The van der Waals surface area contributed by atoms with Crippen LogP contribution >= 0.6 is 0 Å². The Balaban J connectivity index is 4.73. The minimum absolute atomic E-state index is 0.258. The fourth-order valence-corrected chi connectivity index (χ4v) is 1.56. The van der Waals surface area contributed by atoms with Crippen molar-refractivity contribution in [1.82, 2.24) is 4.90 Å². The van der Waals surface area contributed by atoms with Crippen LogP contribution in [0.25, 0.3) is 0 Å². The Morgan fingerprint density at radius 2 is 1.36 bits per heavy atom. The van der Waals surface area contributed by atoms with E-state index in [9.17, 15) is 9.59 Å². The number of unbranched alkanes of at least 4 members (excludes halogenated alkanes) is 3. The van der Waals surface area contributed by atoms with Crippen LogP contribution in [-0.2, 0) is 9.47 Å². The maximum absolute atomic E-state index is 12.2. The van der Waals surface area contributed by atoms with Gasteiger partial charge in [-0.25, -0.2) is 14.5 Å². The molecule has 0 saturated carbocycles. The van der Waals surface area contributed by atoms with Crippen molar-refractivity contribution in [2.45, 2.75) is 78.4 Å². The van der Waals surface area contributed by atoms with Crippen LogP contribution in [-0.4, -0.2) is 34.8 Å². The molecule has 0 heterocycles. The van der Waals surface area contributed by atoms with Gasteiger partial charge in [-0.15, -0.1) is 12.3 Å². The third-order valence-corrected chi connectivity index (χ3v) is 2.43. The van der Waals surface area contributed by atoms with Crippen molar-refractivity contribution in [1.29, 1.82) is 0 Å². The zero-order valence-electron chi connectivity index (χ0n) is 14.7. The molecule has 0 fully saturated rings. The maximum atomic E-state index is 12.2. The van der Waals surface area contributed by atoms with Gasteiger partial charge in [-0.2, -0.15) is 0 Å². The van der Waals surface area contributed by atoms with E-state index in [0.29, 0.717) is 12.8 Å². The summed E-state index contributed by atoms with van der Waals surface area (Å²) >= 11 is 0. The third kappa shape index (κ3) is 10.1. The number of terminal acetylenes is 1. The van der Waals surface area contributed by atoms with Crippen molar-refractivity contribution in [3.63, 3.8) is 0 Å². The molecule has 0 aliphatic heterocycles. The lowest BCUT2D eigenvalue weighted by Gasteiger charge is -2.28. The molecule has 0 aromatic rings. The number of hydrogen-bond acceptors (Lipinski definition) is 4. The number of ether oxygens (including phenoxy) is 2. The zero-order chi connectivity index (χ0) is 17.4. The van der Waals surface area contributed by atoms with Crippen LogP contribution in [0.3, 0.4) is 0 Å². The smallest absolute Gasteiger partial charge is 0.419 e. The van der Waals surface area contributed by atoms with Crippen LogP contribution in [0.15, 0.2) is 0 Å². The number of imide groups is 1. The van der Waals surface area contributed by atoms with Crippen molar-refractivity contribution in [3.05, 3.63) is 0 Å². The number of carbonyl (C=O) groups excluding carboxylic acids is 2. The average Bonchev–Trinajstić information content (AvgIpc) is 2.28. The maximum Gasteiger partial charge on any atom is 0.419 e. The minimum atomic E-state index is -0.682. The van der Waals surface area contributed by atoms with Crippen molar-refractivity contribution >= 4 is 12.2 Å². The molecule has 0 aromatic carbocycles. The van der Waals surface area contributed by atoms with Crippen molar-refractivity contribution < 1.29 is 19.1 Å². The first kappa shape index (κ1) is 20.3. The lowest BCUT2D eigenvalue weighted by Crippen LogP contribution is -2.44. The number of nitrogens with zero attached hydrogens (tertiary/aromatic N) is 1. The van der Waals surface area contributed by atoms with E-state index in [1.807, 2.05) is 0 Å². The van der Waals surface area contributed by atoms with Gasteiger partial charge < -0.3 is 9.47 Å². The van der Waals surface area contributed by atoms with E-state index in [0.717, 1.165) is 17.7 Å². The van der Waals surface area contributed by atoms with Crippen molar-refractivity contribution in [3.8, 4) is 12.3 Å².